The number of primary amides is 1. The average molecular weight is 219 g/mol. The molecule has 1 rings (SSSR count). The summed E-state index contributed by atoms with van der Waals surface area (Å²) in [4.78, 5) is 13.8. The Morgan fingerprint density at radius 1 is 1.47 bits per heavy atom. The van der Waals surface area contributed by atoms with Crippen LogP contribution in [0.1, 0.15) is 5.56 Å². The minimum absolute atomic E-state index is 0.168. The van der Waals surface area contributed by atoms with Crippen molar-refractivity contribution >= 4 is 11.7 Å². The standard InChI is InChI=1S/C8H8F3N3O/c9-8(10,11)5-1-2-7(13-3-5)14-4-6(12)15/h1-3H,4H2,(H2,12,15)(H,13,14). The van der Waals surface area contributed by atoms with Gasteiger partial charge in [0.1, 0.15) is 5.82 Å². The third-order valence-electron chi connectivity index (χ3n) is 1.53. The zero-order valence-electron chi connectivity index (χ0n) is 7.51. The Kier molecular flexibility index (Phi) is 3.13. The highest BCUT2D eigenvalue weighted by Crippen LogP contribution is 2.28. The van der Waals surface area contributed by atoms with Crippen molar-refractivity contribution in [1.82, 2.24) is 4.98 Å². The number of pyridine rings is 1. The number of aromatic nitrogens is 1. The lowest BCUT2D eigenvalue weighted by Crippen LogP contribution is -2.22. The molecular weight excluding hydrogens is 211 g/mol. The van der Waals surface area contributed by atoms with E-state index in [1.54, 1.807) is 0 Å². The molecule has 0 aliphatic rings. The summed E-state index contributed by atoms with van der Waals surface area (Å²) in [6, 6.07) is 2.00. The Morgan fingerprint density at radius 3 is 2.53 bits per heavy atom. The van der Waals surface area contributed by atoms with Gasteiger partial charge in [0, 0.05) is 6.20 Å². The lowest BCUT2D eigenvalue weighted by Gasteiger charge is -2.07. The van der Waals surface area contributed by atoms with Gasteiger partial charge in [-0.05, 0) is 12.1 Å². The van der Waals surface area contributed by atoms with Crippen LogP contribution in [0.4, 0.5) is 19.0 Å². The van der Waals surface area contributed by atoms with Crippen molar-refractivity contribution in [3.05, 3.63) is 23.9 Å². The summed E-state index contributed by atoms with van der Waals surface area (Å²) >= 11 is 0. The maximum Gasteiger partial charge on any atom is 0.417 e. The fourth-order valence-electron chi connectivity index (χ4n) is 0.844. The third-order valence-corrected chi connectivity index (χ3v) is 1.53. The van der Waals surface area contributed by atoms with Crippen LogP contribution in [0, 0.1) is 0 Å². The summed E-state index contributed by atoms with van der Waals surface area (Å²) in [7, 11) is 0. The first-order chi connectivity index (χ1) is 6.89. The van der Waals surface area contributed by atoms with Crippen LogP contribution in [-0.4, -0.2) is 17.4 Å². The highest BCUT2D eigenvalue weighted by atomic mass is 19.4. The molecule has 0 aliphatic carbocycles. The second-order valence-electron chi connectivity index (χ2n) is 2.75. The van der Waals surface area contributed by atoms with Crippen LogP contribution in [0.3, 0.4) is 0 Å². The zero-order chi connectivity index (χ0) is 11.5. The van der Waals surface area contributed by atoms with Crippen LogP contribution in [0.5, 0.6) is 0 Å². The van der Waals surface area contributed by atoms with E-state index in [9.17, 15) is 18.0 Å². The Morgan fingerprint density at radius 2 is 2.13 bits per heavy atom. The largest absolute Gasteiger partial charge is 0.417 e. The number of hydrogen-bond donors (Lipinski definition) is 2. The zero-order valence-corrected chi connectivity index (χ0v) is 7.51. The number of nitrogens with one attached hydrogen (secondary N) is 1. The molecule has 1 heterocycles. The summed E-state index contributed by atoms with van der Waals surface area (Å²) in [5.74, 6) is -0.446. The van der Waals surface area contributed by atoms with Crippen molar-refractivity contribution in [3.63, 3.8) is 0 Å². The van der Waals surface area contributed by atoms with E-state index in [0.717, 1.165) is 12.1 Å². The summed E-state index contributed by atoms with van der Waals surface area (Å²) in [6.45, 7) is -0.168. The van der Waals surface area contributed by atoms with E-state index in [2.05, 4.69) is 10.3 Å². The van der Waals surface area contributed by atoms with Crippen LogP contribution in [0.2, 0.25) is 0 Å². The molecule has 0 saturated carbocycles. The van der Waals surface area contributed by atoms with Gasteiger partial charge in [-0.15, -0.1) is 0 Å². The highest BCUT2D eigenvalue weighted by Gasteiger charge is 2.30. The van der Waals surface area contributed by atoms with Crippen molar-refractivity contribution in [2.45, 2.75) is 6.18 Å². The van der Waals surface area contributed by atoms with Gasteiger partial charge in [-0.25, -0.2) is 4.98 Å². The molecule has 15 heavy (non-hydrogen) atoms. The number of amides is 1. The predicted molar refractivity (Wildman–Crippen MR) is 46.9 cm³/mol. The second kappa shape index (κ2) is 4.16. The molecule has 0 spiro atoms. The molecule has 82 valence electrons. The maximum atomic E-state index is 12.1. The van der Waals surface area contributed by atoms with E-state index < -0.39 is 17.6 Å². The molecule has 0 saturated heterocycles. The third kappa shape index (κ3) is 3.45. The Labute approximate surface area is 83.3 Å². The van der Waals surface area contributed by atoms with Gasteiger partial charge in [0.15, 0.2) is 0 Å². The molecule has 1 aromatic heterocycles. The van der Waals surface area contributed by atoms with E-state index in [0.29, 0.717) is 6.20 Å². The number of nitrogens with zero attached hydrogens (tertiary/aromatic N) is 1. The van der Waals surface area contributed by atoms with Gasteiger partial charge < -0.3 is 11.1 Å². The van der Waals surface area contributed by atoms with Crippen LogP contribution >= 0.6 is 0 Å². The van der Waals surface area contributed by atoms with Crippen molar-refractivity contribution in [2.75, 3.05) is 11.9 Å². The van der Waals surface area contributed by atoms with Gasteiger partial charge in [-0.2, -0.15) is 13.2 Å². The van der Waals surface area contributed by atoms with Crippen molar-refractivity contribution in [3.8, 4) is 0 Å². The second-order valence-corrected chi connectivity index (χ2v) is 2.75. The van der Waals surface area contributed by atoms with Gasteiger partial charge in [-0.1, -0.05) is 0 Å². The van der Waals surface area contributed by atoms with Gasteiger partial charge in [0.2, 0.25) is 5.91 Å². The molecule has 0 aromatic carbocycles. The number of carbonyl (C=O) groups is 1. The number of anilines is 1. The summed E-state index contributed by atoms with van der Waals surface area (Å²) in [5.41, 5.74) is 3.99. The number of nitrogens with two attached hydrogens (primary N) is 1. The number of carbonyl (C=O) groups excluding carboxylic acids is 1. The minimum Gasteiger partial charge on any atom is -0.368 e. The molecule has 7 heteroatoms. The van der Waals surface area contributed by atoms with E-state index in [1.165, 1.54) is 0 Å². The molecule has 0 unspecified atom stereocenters. The molecular formula is C8H8F3N3O. The first-order valence-electron chi connectivity index (χ1n) is 3.95. The summed E-state index contributed by atoms with van der Waals surface area (Å²) < 4.78 is 36.3. The number of hydrogen-bond acceptors (Lipinski definition) is 3. The molecule has 0 atom stereocenters. The van der Waals surface area contributed by atoms with E-state index >= 15 is 0 Å². The summed E-state index contributed by atoms with van der Waals surface area (Å²) in [5, 5.41) is 2.47. The maximum absolute atomic E-state index is 12.1. The average Bonchev–Trinajstić information content (AvgIpc) is 2.14. The number of halogens is 3. The molecule has 0 radical (unpaired) electrons. The van der Waals surface area contributed by atoms with E-state index in [4.69, 9.17) is 5.73 Å². The Hall–Kier alpha value is -1.79. The quantitative estimate of drug-likeness (QED) is 0.796. The fraction of sp³-hybridized carbons (Fsp3) is 0.250. The predicted octanol–water partition coefficient (Wildman–Crippen LogP) is 0.998. The van der Waals surface area contributed by atoms with Crippen LogP contribution < -0.4 is 11.1 Å². The number of alkyl halides is 3. The lowest BCUT2D eigenvalue weighted by atomic mass is 10.3. The molecule has 0 aliphatic heterocycles. The smallest absolute Gasteiger partial charge is 0.368 e. The topological polar surface area (TPSA) is 68.0 Å². The first-order valence-corrected chi connectivity index (χ1v) is 3.95. The van der Waals surface area contributed by atoms with Gasteiger partial charge in [0.25, 0.3) is 0 Å². The Bertz CT molecular complexity index is 347. The molecule has 3 N–H and O–H groups in total. The van der Waals surface area contributed by atoms with Crippen LogP contribution in [-0.2, 0) is 11.0 Å². The molecule has 0 fully saturated rings. The number of rotatable bonds is 3. The minimum atomic E-state index is -4.41. The lowest BCUT2D eigenvalue weighted by molar-refractivity contribution is -0.137. The van der Waals surface area contributed by atoms with Gasteiger partial charge >= 0.3 is 6.18 Å². The van der Waals surface area contributed by atoms with Gasteiger partial charge in [0.05, 0.1) is 12.1 Å². The molecule has 1 amide bonds. The summed E-state index contributed by atoms with van der Waals surface area (Å²) in [6.07, 6.45) is -3.72. The van der Waals surface area contributed by atoms with Crippen molar-refractivity contribution in [2.24, 2.45) is 5.73 Å². The molecule has 0 bridgehead atoms. The van der Waals surface area contributed by atoms with Crippen molar-refractivity contribution in [1.29, 1.82) is 0 Å². The first kappa shape index (κ1) is 11.3. The van der Waals surface area contributed by atoms with E-state index in [-0.39, 0.29) is 12.4 Å². The van der Waals surface area contributed by atoms with Crippen LogP contribution in [0.15, 0.2) is 18.3 Å². The van der Waals surface area contributed by atoms with Crippen molar-refractivity contribution < 1.29 is 18.0 Å². The Balaban J connectivity index is 2.69. The van der Waals surface area contributed by atoms with E-state index in [1.807, 2.05) is 0 Å². The molecule has 1 aromatic rings. The molecule has 4 nitrogen and oxygen atoms in total. The SMILES string of the molecule is NC(=O)CNc1ccc(C(F)(F)F)cn1. The normalized spacial score (nSPS) is 11.1. The highest BCUT2D eigenvalue weighted by molar-refractivity contribution is 5.78. The van der Waals surface area contributed by atoms with Gasteiger partial charge in [-0.3, -0.25) is 4.79 Å². The van der Waals surface area contributed by atoms with Crippen LogP contribution in [0.25, 0.3) is 0 Å². The monoisotopic (exact) mass is 219 g/mol. The fourth-order valence-corrected chi connectivity index (χ4v) is 0.844.